The Labute approximate surface area is 220 Å². The Balaban J connectivity index is 1.68. The number of methoxy groups -OCH3 is 1. The number of ether oxygens (including phenoxy) is 1. The lowest BCUT2D eigenvalue weighted by Crippen LogP contribution is -2.29. The molecule has 0 aliphatic carbocycles. The summed E-state index contributed by atoms with van der Waals surface area (Å²) in [4.78, 5) is 6.59. The Kier molecular flexibility index (Phi) is 6.33. The molecule has 0 radical (unpaired) electrons. The number of aryl methyl sites for hydroxylation is 1. The molecule has 1 aliphatic rings. The smallest absolute Gasteiger partial charge is 0.229 e. The van der Waals surface area contributed by atoms with Crippen molar-refractivity contribution >= 4 is 38.7 Å². The number of benzene rings is 1. The molecule has 37 heavy (non-hydrogen) atoms. The van der Waals surface area contributed by atoms with Crippen molar-refractivity contribution in [1.82, 2.24) is 29.9 Å². The van der Waals surface area contributed by atoms with Crippen LogP contribution in [0.25, 0.3) is 0 Å². The van der Waals surface area contributed by atoms with Gasteiger partial charge in [0.25, 0.3) is 0 Å². The first kappa shape index (κ1) is 24.7. The second-order valence-corrected chi connectivity index (χ2v) is 10.9. The van der Waals surface area contributed by atoms with Gasteiger partial charge in [-0.05, 0) is 62.5 Å². The lowest BCUT2D eigenvalue weighted by atomic mass is 9.96. The monoisotopic (exact) mass is 538 g/mol. The Hall–Kier alpha value is -3.97. The van der Waals surface area contributed by atoms with E-state index in [9.17, 15) is 8.42 Å². The highest BCUT2D eigenvalue weighted by atomic mass is 32.2. The lowest BCUT2D eigenvalue weighted by molar-refractivity contribution is 0.417. The number of thiocarbonyl (C=S) groups is 1. The van der Waals surface area contributed by atoms with Crippen molar-refractivity contribution in [3.8, 4) is 5.75 Å². The maximum atomic E-state index is 12.0. The maximum absolute atomic E-state index is 12.0. The first-order valence-electron chi connectivity index (χ1n) is 11.4. The summed E-state index contributed by atoms with van der Waals surface area (Å²) in [6.45, 7) is 4.04. The van der Waals surface area contributed by atoms with Crippen LogP contribution in [0.3, 0.4) is 0 Å². The SMILES string of the molecule is COc1ccc(N2C(=S)N[C@@H](c3ccccn3)[C@H]2c2cc(C)n(-n3cnnc3)c2C)cc1NS(C)(=O)=O. The van der Waals surface area contributed by atoms with Crippen molar-refractivity contribution in [2.24, 2.45) is 0 Å². The molecule has 1 aliphatic heterocycles. The van der Waals surface area contributed by atoms with E-state index in [1.165, 1.54) is 7.11 Å². The van der Waals surface area contributed by atoms with Crippen LogP contribution in [-0.4, -0.2) is 51.4 Å². The molecule has 4 heterocycles. The largest absolute Gasteiger partial charge is 0.495 e. The average Bonchev–Trinajstić information content (AvgIpc) is 3.56. The molecule has 0 saturated carbocycles. The molecule has 1 fully saturated rings. The zero-order valence-corrected chi connectivity index (χ0v) is 22.3. The number of rotatable bonds is 7. The van der Waals surface area contributed by atoms with Crippen LogP contribution in [0.2, 0.25) is 0 Å². The summed E-state index contributed by atoms with van der Waals surface area (Å²) in [5.74, 6) is 0.399. The third-order valence-corrected chi connectivity index (χ3v) is 7.15. The second kappa shape index (κ2) is 9.48. The zero-order chi connectivity index (χ0) is 26.3. The van der Waals surface area contributed by atoms with E-state index in [4.69, 9.17) is 17.0 Å². The molecule has 5 rings (SSSR count). The van der Waals surface area contributed by atoms with Gasteiger partial charge in [-0.1, -0.05) is 6.07 Å². The van der Waals surface area contributed by atoms with Gasteiger partial charge >= 0.3 is 0 Å². The topological polar surface area (TPSA) is 119 Å². The van der Waals surface area contributed by atoms with Gasteiger partial charge in [0.2, 0.25) is 10.0 Å². The van der Waals surface area contributed by atoms with Crippen LogP contribution >= 0.6 is 12.2 Å². The van der Waals surface area contributed by atoms with E-state index in [-0.39, 0.29) is 12.1 Å². The van der Waals surface area contributed by atoms with Gasteiger partial charge < -0.3 is 15.0 Å². The highest BCUT2D eigenvalue weighted by molar-refractivity contribution is 7.92. The van der Waals surface area contributed by atoms with Crippen LogP contribution in [0.1, 0.15) is 34.7 Å². The van der Waals surface area contributed by atoms with Crippen LogP contribution in [0.15, 0.2) is 61.3 Å². The summed E-state index contributed by atoms with van der Waals surface area (Å²) < 4.78 is 35.9. The van der Waals surface area contributed by atoms with E-state index < -0.39 is 10.0 Å². The molecule has 0 amide bonds. The summed E-state index contributed by atoms with van der Waals surface area (Å²) in [6.07, 6.45) is 6.13. The summed E-state index contributed by atoms with van der Waals surface area (Å²) >= 11 is 5.84. The number of hydrogen-bond acceptors (Lipinski definition) is 7. The molecule has 0 spiro atoms. The van der Waals surface area contributed by atoms with Crippen LogP contribution in [0.4, 0.5) is 11.4 Å². The fraction of sp³-hybridized carbons (Fsp3) is 0.250. The van der Waals surface area contributed by atoms with Crippen molar-refractivity contribution in [2.75, 3.05) is 23.0 Å². The van der Waals surface area contributed by atoms with E-state index in [0.29, 0.717) is 22.2 Å². The molecular weight excluding hydrogens is 512 g/mol. The minimum atomic E-state index is -3.54. The minimum Gasteiger partial charge on any atom is -0.495 e. The van der Waals surface area contributed by atoms with Crippen molar-refractivity contribution in [3.63, 3.8) is 0 Å². The Bertz CT molecular complexity index is 1550. The normalized spacial score (nSPS) is 17.6. The van der Waals surface area contributed by atoms with Gasteiger partial charge in [-0.2, -0.15) is 0 Å². The molecule has 0 unspecified atom stereocenters. The van der Waals surface area contributed by atoms with Gasteiger partial charge in [0.15, 0.2) is 5.11 Å². The van der Waals surface area contributed by atoms with Gasteiger partial charge in [0.1, 0.15) is 18.4 Å². The highest BCUT2D eigenvalue weighted by Crippen LogP contribution is 2.44. The summed E-state index contributed by atoms with van der Waals surface area (Å²) in [5.41, 5.74) is 4.82. The lowest BCUT2D eigenvalue weighted by Gasteiger charge is -2.29. The summed E-state index contributed by atoms with van der Waals surface area (Å²) in [6, 6.07) is 12.6. The van der Waals surface area contributed by atoms with Gasteiger partial charge in [-0.3, -0.25) is 14.4 Å². The number of aromatic nitrogens is 5. The Morgan fingerprint density at radius 1 is 1.11 bits per heavy atom. The Morgan fingerprint density at radius 3 is 2.51 bits per heavy atom. The molecule has 4 aromatic rings. The fourth-order valence-corrected chi connectivity index (χ4v) is 5.71. The average molecular weight is 539 g/mol. The van der Waals surface area contributed by atoms with Crippen LogP contribution < -0.4 is 19.7 Å². The van der Waals surface area contributed by atoms with Gasteiger partial charge in [-0.15, -0.1) is 10.2 Å². The van der Waals surface area contributed by atoms with Crippen LogP contribution in [0, 0.1) is 13.8 Å². The van der Waals surface area contributed by atoms with E-state index in [2.05, 4.69) is 31.3 Å². The van der Waals surface area contributed by atoms with Crippen LogP contribution in [-0.2, 0) is 10.0 Å². The number of pyridine rings is 1. The first-order chi connectivity index (χ1) is 17.7. The summed E-state index contributed by atoms with van der Waals surface area (Å²) in [7, 11) is -2.05. The molecule has 11 nitrogen and oxygen atoms in total. The van der Waals surface area contributed by atoms with Crippen molar-refractivity contribution in [2.45, 2.75) is 25.9 Å². The maximum Gasteiger partial charge on any atom is 0.229 e. The van der Waals surface area contributed by atoms with Gasteiger partial charge in [-0.25, -0.2) is 13.1 Å². The number of anilines is 2. The van der Waals surface area contributed by atoms with E-state index in [1.807, 2.05) is 52.4 Å². The number of nitrogens with zero attached hydrogens (tertiary/aromatic N) is 6. The third kappa shape index (κ3) is 4.62. The molecule has 13 heteroatoms. The quantitative estimate of drug-likeness (QED) is 0.342. The third-order valence-electron chi connectivity index (χ3n) is 6.24. The fourth-order valence-electron chi connectivity index (χ4n) is 4.81. The molecule has 1 aromatic carbocycles. The zero-order valence-electron chi connectivity index (χ0n) is 20.7. The van der Waals surface area contributed by atoms with Crippen LogP contribution in [0.5, 0.6) is 5.75 Å². The Morgan fingerprint density at radius 2 is 1.86 bits per heavy atom. The van der Waals surface area contributed by atoms with Crippen molar-refractivity contribution < 1.29 is 13.2 Å². The molecule has 192 valence electrons. The first-order valence-corrected chi connectivity index (χ1v) is 13.7. The second-order valence-electron chi connectivity index (χ2n) is 8.74. The molecule has 2 N–H and O–H groups in total. The summed E-state index contributed by atoms with van der Waals surface area (Å²) in [5, 5.41) is 11.8. The highest BCUT2D eigenvalue weighted by Gasteiger charge is 2.42. The number of sulfonamides is 1. The molecule has 3 aromatic heterocycles. The predicted molar refractivity (Wildman–Crippen MR) is 144 cm³/mol. The van der Waals surface area contributed by atoms with Gasteiger partial charge in [0, 0.05) is 28.8 Å². The molecule has 2 atom stereocenters. The minimum absolute atomic E-state index is 0.267. The number of hydrogen-bond donors (Lipinski definition) is 2. The van der Waals surface area contributed by atoms with Crippen molar-refractivity contribution in [1.29, 1.82) is 0 Å². The molecular formula is C24H26N8O3S2. The van der Waals surface area contributed by atoms with E-state index in [1.54, 1.807) is 31.0 Å². The number of nitrogens with one attached hydrogen (secondary N) is 2. The van der Waals surface area contributed by atoms with Crippen molar-refractivity contribution in [3.05, 3.63) is 84.0 Å². The van der Waals surface area contributed by atoms with E-state index in [0.717, 1.165) is 28.9 Å². The van der Waals surface area contributed by atoms with Gasteiger partial charge in [0.05, 0.1) is 36.8 Å². The standard InChI is InChI=1S/C24H26N8O3S2/c1-15-11-18(16(2)32(15)30-13-26-27-14-30)23-22(19-7-5-6-10-25-19)28-24(36)31(23)17-8-9-21(35-3)20(12-17)29-37(4,33)34/h5-14,22-23,29H,1-4H3,(H,28,36)/t22-,23+/m0/s1. The van der Waals surface area contributed by atoms with E-state index >= 15 is 0 Å². The molecule has 0 bridgehead atoms. The predicted octanol–water partition coefficient (Wildman–Crippen LogP) is 2.96. The molecule has 1 saturated heterocycles.